The molecule has 10 rings (SSSR count). The summed E-state index contributed by atoms with van der Waals surface area (Å²) in [5, 5.41) is 7.76. The summed E-state index contributed by atoms with van der Waals surface area (Å²) in [5.41, 5.74) is 9.36. The summed E-state index contributed by atoms with van der Waals surface area (Å²) in [4.78, 5) is 2.40. The lowest BCUT2D eigenvalue weighted by atomic mass is 9.95. The highest BCUT2D eigenvalue weighted by molar-refractivity contribution is 7.26. The van der Waals surface area contributed by atoms with Crippen molar-refractivity contribution in [1.82, 2.24) is 4.57 Å². The van der Waals surface area contributed by atoms with E-state index in [0.717, 1.165) is 22.7 Å². The molecule has 3 heteroatoms. The third-order valence-corrected chi connectivity index (χ3v) is 10.9. The van der Waals surface area contributed by atoms with Crippen LogP contribution in [0.5, 0.6) is 0 Å². The minimum absolute atomic E-state index is 1.11. The van der Waals surface area contributed by atoms with Crippen LogP contribution in [0.25, 0.3) is 69.6 Å². The molecule has 0 aliphatic heterocycles. The second-order valence-corrected chi connectivity index (χ2v) is 13.6. The molecule has 230 valence electrons. The highest BCUT2D eigenvalue weighted by Gasteiger charge is 2.21. The average Bonchev–Trinajstić information content (AvgIpc) is 3.72. The maximum atomic E-state index is 2.41. The van der Waals surface area contributed by atoms with Gasteiger partial charge in [-0.2, -0.15) is 0 Å². The van der Waals surface area contributed by atoms with Gasteiger partial charge in [0.2, 0.25) is 0 Å². The first-order chi connectivity index (χ1) is 24.3. The number of hydrogen-bond acceptors (Lipinski definition) is 2. The fourth-order valence-corrected chi connectivity index (χ4v) is 8.81. The predicted octanol–water partition coefficient (Wildman–Crippen LogP) is 13.4. The molecule has 0 spiro atoms. The molecule has 10 aromatic rings. The van der Waals surface area contributed by atoms with Crippen LogP contribution in [-0.2, 0) is 0 Å². The topological polar surface area (TPSA) is 8.17 Å². The van der Waals surface area contributed by atoms with Crippen molar-refractivity contribution in [2.45, 2.75) is 0 Å². The third kappa shape index (κ3) is 4.40. The molecule has 0 aliphatic rings. The molecule has 0 radical (unpaired) electrons. The van der Waals surface area contributed by atoms with E-state index in [1.807, 2.05) is 11.3 Å². The number of benzene rings is 8. The fraction of sp³-hybridized carbons (Fsp3) is 0. The zero-order valence-electron chi connectivity index (χ0n) is 26.6. The van der Waals surface area contributed by atoms with Crippen LogP contribution in [0.15, 0.2) is 182 Å². The van der Waals surface area contributed by atoms with E-state index in [2.05, 4.69) is 191 Å². The first kappa shape index (κ1) is 27.9. The van der Waals surface area contributed by atoms with Crippen LogP contribution in [-0.4, -0.2) is 4.57 Å². The van der Waals surface area contributed by atoms with Gasteiger partial charge in [0.1, 0.15) is 0 Å². The van der Waals surface area contributed by atoms with Gasteiger partial charge >= 0.3 is 0 Å². The first-order valence-electron chi connectivity index (χ1n) is 16.7. The predicted molar refractivity (Wildman–Crippen MR) is 211 cm³/mol. The number of rotatable bonds is 5. The Balaban J connectivity index is 1.19. The highest BCUT2D eigenvalue weighted by atomic mass is 32.1. The second kappa shape index (κ2) is 11.2. The zero-order valence-corrected chi connectivity index (χ0v) is 27.4. The number of fused-ring (bicyclic) bond motifs is 8. The van der Waals surface area contributed by atoms with E-state index in [9.17, 15) is 0 Å². The van der Waals surface area contributed by atoms with Crippen molar-refractivity contribution in [3.8, 4) is 16.8 Å². The summed E-state index contributed by atoms with van der Waals surface area (Å²) < 4.78 is 5.07. The first-order valence-corrected chi connectivity index (χ1v) is 17.5. The Morgan fingerprint density at radius 2 is 1.04 bits per heavy atom. The van der Waals surface area contributed by atoms with Gasteiger partial charge in [-0.15, -0.1) is 11.3 Å². The summed E-state index contributed by atoms with van der Waals surface area (Å²) in [6, 6.07) is 66.0. The Labute approximate surface area is 288 Å². The second-order valence-electron chi connectivity index (χ2n) is 12.5. The van der Waals surface area contributed by atoms with E-state index in [-0.39, 0.29) is 0 Å². The summed E-state index contributed by atoms with van der Waals surface area (Å²) in [7, 11) is 0. The van der Waals surface area contributed by atoms with Gasteiger partial charge in [-0.05, 0) is 82.6 Å². The Bertz CT molecular complexity index is 2810. The van der Waals surface area contributed by atoms with Crippen LogP contribution in [0.3, 0.4) is 0 Å². The molecule has 0 amide bonds. The summed E-state index contributed by atoms with van der Waals surface area (Å²) in [6.45, 7) is 0. The Hall–Kier alpha value is -6.16. The molecule has 0 N–H and O–H groups in total. The molecule has 8 aromatic carbocycles. The van der Waals surface area contributed by atoms with Crippen LogP contribution < -0.4 is 4.90 Å². The number of thiophene rings is 1. The molecule has 0 atom stereocenters. The van der Waals surface area contributed by atoms with Crippen molar-refractivity contribution in [1.29, 1.82) is 0 Å². The molecule has 2 nitrogen and oxygen atoms in total. The lowest BCUT2D eigenvalue weighted by Gasteiger charge is -2.27. The average molecular weight is 643 g/mol. The van der Waals surface area contributed by atoms with Crippen LogP contribution in [0.4, 0.5) is 17.1 Å². The van der Waals surface area contributed by atoms with Crippen LogP contribution >= 0.6 is 11.3 Å². The molecular weight excluding hydrogens is 613 g/mol. The molecule has 0 fully saturated rings. The van der Waals surface area contributed by atoms with E-state index >= 15 is 0 Å². The molecule has 0 unspecified atom stereocenters. The summed E-state index contributed by atoms with van der Waals surface area (Å²) in [5.74, 6) is 0. The van der Waals surface area contributed by atoms with Gasteiger partial charge in [0.15, 0.2) is 0 Å². The number of hydrogen-bond donors (Lipinski definition) is 0. The normalized spacial score (nSPS) is 11.7. The van der Waals surface area contributed by atoms with Gasteiger partial charge in [-0.3, -0.25) is 0 Å². The number of nitrogens with zero attached hydrogens (tertiary/aromatic N) is 2. The molecule has 0 saturated carbocycles. The summed E-state index contributed by atoms with van der Waals surface area (Å²) in [6.07, 6.45) is 0. The van der Waals surface area contributed by atoms with E-state index in [1.54, 1.807) is 0 Å². The van der Waals surface area contributed by atoms with Gasteiger partial charge in [0, 0.05) is 48.0 Å². The minimum Gasteiger partial charge on any atom is -0.308 e. The molecule has 2 aromatic heterocycles. The molecule has 2 heterocycles. The maximum Gasteiger partial charge on any atom is 0.0782 e. The van der Waals surface area contributed by atoms with E-state index in [1.165, 1.54) is 63.9 Å². The van der Waals surface area contributed by atoms with E-state index < -0.39 is 0 Å². The lowest BCUT2D eigenvalue weighted by Crippen LogP contribution is -2.11. The Morgan fingerprint density at radius 1 is 0.429 bits per heavy atom. The van der Waals surface area contributed by atoms with Crippen molar-refractivity contribution in [2.24, 2.45) is 0 Å². The third-order valence-electron chi connectivity index (χ3n) is 9.76. The molecule has 49 heavy (non-hydrogen) atoms. The number of anilines is 3. The SMILES string of the molecule is c1ccc(N(c2ccc(-c3cc4sc5ccccc5c4c4ccccc34)cc2)c2cccc3c4ccccc4n(-c4ccccc4)c23)cc1. The van der Waals surface area contributed by atoms with Crippen molar-refractivity contribution >= 4 is 81.1 Å². The molecule has 0 aliphatic carbocycles. The van der Waals surface area contributed by atoms with Gasteiger partial charge in [-0.1, -0.05) is 121 Å². The van der Waals surface area contributed by atoms with Crippen molar-refractivity contribution in [2.75, 3.05) is 4.90 Å². The number of aromatic nitrogens is 1. The quantitative estimate of drug-likeness (QED) is 0.181. The Morgan fingerprint density at radius 3 is 1.84 bits per heavy atom. The largest absolute Gasteiger partial charge is 0.308 e. The Kier molecular flexibility index (Phi) is 6.39. The van der Waals surface area contributed by atoms with Crippen molar-refractivity contribution in [3.63, 3.8) is 0 Å². The van der Waals surface area contributed by atoms with Gasteiger partial charge in [-0.25, -0.2) is 0 Å². The smallest absolute Gasteiger partial charge is 0.0782 e. The van der Waals surface area contributed by atoms with Crippen molar-refractivity contribution in [3.05, 3.63) is 182 Å². The number of para-hydroxylation sites is 4. The molecule has 0 bridgehead atoms. The maximum absolute atomic E-state index is 2.41. The zero-order chi connectivity index (χ0) is 32.3. The summed E-state index contributed by atoms with van der Waals surface area (Å²) >= 11 is 1.88. The lowest BCUT2D eigenvalue weighted by molar-refractivity contribution is 1.17. The van der Waals surface area contributed by atoms with Gasteiger partial charge < -0.3 is 9.47 Å². The minimum atomic E-state index is 1.11. The monoisotopic (exact) mass is 642 g/mol. The standard InChI is InChI=1S/C46H30N2S/c1-3-14-32(15-4-1)47(42-24-13-22-38-36-19-9-11-23-41(36)48(46(38)42)33-16-5-2-6-17-33)34-28-26-31(27-29-34)40-30-44-45(37-20-8-7-18-35(37)40)39-21-10-12-25-43(39)49-44/h1-30H. The van der Waals surface area contributed by atoms with Gasteiger partial charge in [0.05, 0.1) is 16.7 Å². The van der Waals surface area contributed by atoms with Crippen LogP contribution in [0.2, 0.25) is 0 Å². The molecule has 0 saturated heterocycles. The fourth-order valence-electron chi connectivity index (χ4n) is 7.65. The van der Waals surface area contributed by atoms with E-state index in [0.29, 0.717) is 0 Å². The molecular formula is C46H30N2S. The highest BCUT2D eigenvalue weighted by Crippen LogP contribution is 2.45. The van der Waals surface area contributed by atoms with Crippen molar-refractivity contribution < 1.29 is 0 Å². The van der Waals surface area contributed by atoms with Crippen LogP contribution in [0, 0.1) is 0 Å². The van der Waals surface area contributed by atoms with Crippen LogP contribution in [0.1, 0.15) is 0 Å². The van der Waals surface area contributed by atoms with E-state index in [4.69, 9.17) is 0 Å². The van der Waals surface area contributed by atoms with Gasteiger partial charge in [0.25, 0.3) is 0 Å².